The summed E-state index contributed by atoms with van der Waals surface area (Å²) in [5.41, 5.74) is 2.48. The number of hydrogen-bond acceptors (Lipinski definition) is 2. The highest BCUT2D eigenvalue weighted by molar-refractivity contribution is 5.78. The van der Waals surface area contributed by atoms with E-state index in [9.17, 15) is 4.79 Å². The van der Waals surface area contributed by atoms with E-state index in [-0.39, 0.29) is 11.8 Å². The van der Waals surface area contributed by atoms with Crippen molar-refractivity contribution in [1.82, 2.24) is 5.48 Å². The lowest BCUT2D eigenvalue weighted by molar-refractivity contribution is -0.141. The lowest BCUT2D eigenvalue weighted by Gasteiger charge is -2.23. The Labute approximate surface area is 73.4 Å². The van der Waals surface area contributed by atoms with Crippen LogP contribution >= 0.6 is 0 Å². The van der Waals surface area contributed by atoms with Gasteiger partial charge >= 0.3 is 0 Å². The minimum absolute atomic E-state index is 0.0573. The van der Waals surface area contributed by atoms with E-state index in [0.29, 0.717) is 12.5 Å². The minimum Gasteiger partial charge on any atom is -0.273 e. The van der Waals surface area contributed by atoms with Crippen LogP contribution in [0.4, 0.5) is 0 Å². The molecule has 0 unspecified atom stereocenters. The van der Waals surface area contributed by atoms with Crippen LogP contribution in [-0.4, -0.2) is 12.5 Å². The zero-order valence-electron chi connectivity index (χ0n) is 7.80. The van der Waals surface area contributed by atoms with Gasteiger partial charge in [0.1, 0.15) is 0 Å². The van der Waals surface area contributed by atoms with Gasteiger partial charge in [-0.15, -0.1) is 0 Å². The van der Waals surface area contributed by atoms with Crippen molar-refractivity contribution in [2.45, 2.75) is 33.1 Å². The van der Waals surface area contributed by atoms with Crippen LogP contribution in [0.1, 0.15) is 33.1 Å². The van der Waals surface area contributed by atoms with E-state index in [1.54, 1.807) is 0 Å². The molecule has 1 fully saturated rings. The van der Waals surface area contributed by atoms with Gasteiger partial charge in [-0.25, -0.2) is 5.48 Å². The topological polar surface area (TPSA) is 38.3 Å². The van der Waals surface area contributed by atoms with Crippen molar-refractivity contribution in [3.63, 3.8) is 0 Å². The van der Waals surface area contributed by atoms with Crippen molar-refractivity contribution in [2.24, 2.45) is 11.8 Å². The zero-order chi connectivity index (χ0) is 8.97. The zero-order valence-corrected chi connectivity index (χ0v) is 7.80. The molecule has 1 saturated carbocycles. The van der Waals surface area contributed by atoms with Gasteiger partial charge in [0.05, 0.1) is 6.61 Å². The Hall–Kier alpha value is -0.570. The quantitative estimate of drug-likeness (QED) is 0.651. The first-order valence-electron chi connectivity index (χ1n) is 4.62. The third-order valence-corrected chi connectivity index (χ3v) is 2.07. The first-order valence-corrected chi connectivity index (χ1v) is 4.62. The maximum atomic E-state index is 11.2. The highest BCUT2D eigenvalue weighted by atomic mass is 16.6. The molecule has 3 nitrogen and oxygen atoms in total. The van der Waals surface area contributed by atoms with Crippen LogP contribution in [0.15, 0.2) is 0 Å². The van der Waals surface area contributed by atoms with E-state index >= 15 is 0 Å². The highest BCUT2D eigenvalue weighted by Crippen LogP contribution is 2.26. The second kappa shape index (κ2) is 4.45. The van der Waals surface area contributed by atoms with Gasteiger partial charge in [0.25, 0.3) is 0 Å². The van der Waals surface area contributed by atoms with E-state index in [2.05, 4.69) is 19.3 Å². The van der Waals surface area contributed by atoms with Gasteiger partial charge in [0, 0.05) is 5.92 Å². The predicted octanol–water partition coefficient (Wildman–Crippen LogP) is 1.49. The van der Waals surface area contributed by atoms with Gasteiger partial charge in [-0.1, -0.05) is 20.3 Å². The molecule has 1 aliphatic carbocycles. The lowest BCUT2D eigenvalue weighted by Crippen LogP contribution is -2.35. The van der Waals surface area contributed by atoms with Crippen LogP contribution in [0.25, 0.3) is 0 Å². The maximum absolute atomic E-state index is 11.2. The molecule has 1 rings (SSSR count). The van der Waals surface area contributed by atoms with Crippen LogP contribution in [0.2, 0.25) is 0 Å². The number of hydrogen-bond donors (Lipinski definition) is 1. The van der Waals surface area contributed by atoms with E-state index in [0.717, 1.165) is 12.8 Å². The summed E-state index contributed by atoms with van der Waals surface area (Å²) in [5.74, 6) is 0.741. The Kier molecular flexibility index (Phi) is 3.53. The summed E-state index contributed by atoms with van der Waals surface area (Å²) in [6.07, 6.45) is 3.23. The Morgan fingerprint density at radius 3 is 2.67 bits per heavy atom. The molecule has 12 heavy (non-hydrogen) atoms. The summed E-state index contributed by atoms with van der Waals surface area (Å²) in [6.45, 7) is 4.70. The summed E-state index contributed by atoms with van der Waals surface area (Å²) in [5, 5.41) is 0. The second-order valence-corrected chi connectivity index (χ2v) is 3.80. The van der Waals surface area contributed by atoms with E-state index in [4.69, 9.17) is 4.84 Å². The summed E-state index contributed by atoms with van der Waals surface area (Å²) >= 11 is 0. The first-order chi connectivity index (χ1) is 5.70. The van der Waals surface area contributed by atoms with E-state index < -0.39 is 0 Å². The fourth-order valence-electron chi connectivity index (χ4n) is 1.03. The Morgan fingerprint density at radius 1 is 1.58 bits per heavy atom. The number of rotatable bonds is 4. The molecule has 0 radical (unpaired) electrons. The fourth-order valence-corrected chi connectivity index (χ4v) is 1.03. The summed E-state index contributed by atoms with van der Waals surface area (Å²) in [6, 6.07) is 0. The van der Waals surface area contributed by atoms with Crippen LogP contribution in [-0.2, 0) is 9.63 Å². The maximum Gasteiger partial charge on any atom is 0.246 e. The van der Waals surface area contributed by atoms with Gasteiger partial charge in [-0.3, -0.25) is 9.63 Å². The SMILES string of the molecule is CC(C)CONC(=O)C1CCC1. The normalized spacial score (nSPS) is 17.6. The van der Waals surface area contributed by atoms with Crippen molar-refractivity contribution >= 4 is 5.91 Å². The van der Waals surface area contributed by atoms with Gasteiger partial charge in [0.2, 0.25) is 5.91 Å². The molecule has 0 aliphatic heterocycles. The highest BCUT2D eigenvalue weighted by Gasteiger charge is 2.25. The number of nitrogens with one attached hydrogen (secondary N) is 1. The van der Waals surface area contributed by atoms with E-state index in [1.165, 1.54) is 6.42 Å². The number of amides is 1. The van der Waals surface area contributed by atoms with Crippen molar-refractivity contribution in [3.8, 4) is 0 Å². The molecule has 70 valence electrons. The minimum atomic E-state index is 0.0573. The summed E-state index contributed by atoms with van der Waals surface area (Å²) in [4.78, 5) is 16.2. The molecule has 0 aromatic heterocycles. The number of hydroxylamine groups is 1. The monoisotopic (exact) mass is 171 g/mol. The summed E-state index contributed by atoms with van der Waals surface area (Å²) < 4.78 is 0. The van der Waals surface area contributed by atoms with Crippen molar-refractivity contribution in [1.29, 1.82) is 0 Å². The summed E-state index contributed by atoms with van der Waals surface area (Å²) in [7, 11) is 0. The average Bonchev–Trinajstić information content (AvgIpc) is 1.81. The average molecular weight is 171 g/mol. The molecule has 0 aromatic carbocycles. The van der Waals surface area contributed by atoms with Gasteiger partial charge < -0.3 is 0 Å². The Balaban J connectivity index is 2.02. The molecule has 0 aromatic rings. The Morgan fingerprint density at radius 2 is 2.25 bits per heavy atom. The Bertz CT molecular complexity index is 153. The molecule has 3 heteroatoms. The standard InChI is InChI=1S/C9H17NO2/c1-7(2)6-12-10-9(11)8-4-3-5-8/h7-8H,3-6H2,1-2H3,(H,10,11). The fraction of sp³-hybridized carbons (Fsp3) is 0.889. The molecular weight excluding hydrogens is 154 g/mol. The number of carbonyl (C=O) groups excluding carboxylic acids is 1. The third-order valence-electron chi connectivity index (χ3n) is 2.07. The van der Waals surface area contributed by atoms with Crippen LogP contribution in [0.3, 0.4) is 0 Å². The molecule has 1 N–H and O–H groups in total. The van der Waals surface area contributed by atoms with Crippen molar-refractivity contribution in [2.75, 3.05) is 6.61 Å². The largest absolute Gasteiger partial charge is 0.273 e. The number of carbonyl (C=O) groups is 1. The van der Waals surface area contributed by atoms with Crippen LogP contribution in [0.5, 0.6) is 0 Å². The predicted molar refractivity (Wildman–Crippen MR) is 46.3 cm³/mol. The van der Waals surface area contributed by atoms with Crippen molar-refractivity contribution in [3.05, 3.63) is 0 Å². The molecule has 1 aliphatic rings. The van der Waals surface area contributed by atoms with Gasteiger partial charge in [-0.05, 0) is 18.8 Å². The third kappa shape index (κ3) is 2.81. The molecule has 0 heterocycles. The van der Waals surface area contributed by atoms with Crippen molar-refractivity contribution < 1.29 is 9.63 Å². The molecule has 0 saturated heterocycles. The first kappa shape index (κ1) is 9.52. The molecule has 1 amide bonds. The van der Waals surface area contributed by atoms with Crippen LogP contribution < -0.4 is 5.48 Å². The van der Waals surface area contributed by atoms with Crippen LogP contribution in [0, 0.1) is 11.8 Å². The molecule has 0 atom stereocenters. The van der Waals surface area contributed by atoms with Gasteiger partial charge in [0.15, 0.2) is 0 Å². The van der Waals surface area contributed by atoms with Gasteiger partial charge in [-0.2, -0.15) is 0 Å². The lowest BCUT2D eigenvalue weighted by atomic mass is 9.85. The molecular formula is C9H17NO2. The molecule has 0 spiro atoms. The molecule has 0 bridgehead atoms. The van der Waals surface area contributed by atoms with E-state index in [1.807, 2.05) is 0 Å². The smallest absolute Gasteiger partial charge is 0.246 e. The second-order valence-electron chi connectivity index (χ2n) is 3.80.